The molecule has 0 unspecified atom stereocenters. The number of carbonyl (C=O) groups is 2. The fraction of sp³-hybridized carbons (Fsp3) is 0.385. The van der Waals surface area contributed by atoms with Crippen molar-refractivity contribution in [1.29, 1.82) is 0 Å². The van der Waals surface area contributed by atoms with Gasteiger partial charge in [-0.1, -0.05) is 11.8 Å². The minimum absolute atomic E-state index is 0.129. The second kappa shape index (κ2) is 7.07. The van der Waals surface area contributed by atoms with Crippen LogP contribution in [0.1, 0.15) is 24.9 Å². The first-order chi connectivity index (χ1) is 10.1. The van der Waals surface area contributed by atoms with Crippen molar-refractivity contribution in [2.75, 3.05) is 6.54 Å². The third kappa shape index (κ3) is 4.45. The summed E-state index contributed by atoms with van der Waals surface area (Å²) < 4.78 is 5.30. The number of amidine groups is 1. The summed E-state index contributed by atoms with van der Waals surface area (Å²) in [4.78, 5) is 23.2. The van der Waals surface area contributed by atoms with Gasteiger partial charge in [0.1, 0.15) is 16.8 Å². The molecule has 1 aromatic heterocycles. The Balaban J connectivity index is 1.91. The lowest BCUT2D eigenvalue weighted by Crippen LogP contribution is -2.31. The van der Waals surface area contributed by atoms with Crippen molar-refractivity contribution in [3.8, 4) is 0 Å². The molecular weight excluding hydrogens is 292 g/mol. The maximum atomic E-state index is 11.7. The van der Waals surface area contributed by atoms with Crippen LogP contribution in [-0.2, 0) is 9.59 Å². The van der Waals surface area contributed by atoms with E-state index in [9.17, 15) is 9.59 Å². The summed E-state index contributed by atoms with van der Waals surface area (Å²) in [5.74, 6) is 0.995. The Bertz CT molecular complexity index is 594. The molecule has 2 N–H and O–H groups in total. The number of furan rings is 1. The van der Waals surface area contributed by atoms with Gasteiger partial charge in [-0.05, 0) is 26.0 Å². The van der Waals surface area contributed by atoms with Crippen molar-refractivity contribution >= 4 is 35.0 Å². The molecule has 0 bridgehead atoms. The highest BCUT2D eigenvalue weighted by molar-refractivity contribution is 8.15. The zero-order chi connectivity index (χ0) is 15.2. The standard InChI is InChI=1S/C13H16N4O3S/c1-3-14-11(18)6-10-12(19)16-13(21-10)17-15-7-9-5-4-8(2)20-9/h4-5,7,10H,3,6H2,1-2H3,(H,14,18)(H,16,17,19)/t10-/m0/s1. The summed E-state index contributed by atoms with van der Waals surface area (Å²) in [5, 5.41) is 12.9. The quantitative estimate of drug-likeness (QED) is 0.627. The largest absolute Gasteiger partial charge is 0.460 e. The molecule has 0 radical (unpaired) electrons. The molecule has 21 heavy (non-hydrogen) atoms. The Morgan fingerprint density at radius 3 is 3.05 bits per heavy atom. The van der Waals surface area contributed by atoms with Gasteiger partial charge in [-0.2, -0.15) is 5.10 Å². The molecule has 1 aromatic rings. The van der Waals surface area contributed by atoms with Crippen LogP contribution in [0.5, 0.6) is 0 Å². The monoisotopic (exact) mass is 308 g/mol. The van der Waals surface area contributed by atoms with Gasteiger partial charge in [0.25, 0.3) is 0 Å². The topological polar surface area (TPSA) is 96.1 Å². The van der Waals surface area contributed by atoms with E-state index in [4.69, 9.17) is 4.42 Å². The van der Waals surface area contributed by atoms with Crippen LogP contribution in [-0.4, -0.2) is 35.0 Å². The molecule has 1 aliphatic heterocycles. The van der Waals surface area contributed by atoms with Gasteiger partial charge in [0, 0.05) is 13.0 Å². The third-order valence-corrected chi connectivity index (χ3v) is 3.69. The number of aryl methyl sites for hydroxylation is 1. The number of amides is 2. The predicted octanol–water partition coefficient (Wildman–Crippen LogP) is 1.04. The molecular formula is C13H16N4O3S. The summed E-state index contributed by atoms with van der Waals surface area (Å²) in [7, 11) is 0. The van der Waals surface area contributed by atoms with E-state index in [0.29, 0.717) is 17.5 Å². The summed E-state index contributed by atoms with van der Waals surface area (Å²) in [6, 6.07) is 3.60. The van der Waals surface area contributed by atoms with Crippen LogP contribution < -0.4 is 10.6 Å². The molecule has 8 heteroatoms. The van der Waals surface area contributed by atoms with Crippen molar-refractivity contribution in [2.45, 2.75) is 25.5 Å². The van der Waals surface area contributed by atoms with Crippen molar-refractivity contribution in [3.05, 3.63) is 23.7 Å². The Morgan fingerprint density at radius 2 is 2.38 bits per heavy atom. The number of carbonyl (C=O) groups excluding carboxylic acids is 2. The minimum atomic E-state index is -0.462. The van der Waals surface area contributed by atoms with Crippen LogP contribution in [0, 0.1) is 6.92 Å². The van der Waals surface area contributed by atoms with Crippen molar-refractivity contribution in [2.24, 2.45) is 10.2 Å². The molecule has 0 saturated carbocycles. The van der Waals surface area contributed by atoms with E-state index in [2.05, 4.69) is 20.8 Å². The van der Waals surface area contributed by atoms with E-state index in [1.165, 1.54) is 18.0 Å². The molecule has 0 aromatic carbocycles. The minimum Gasteiger partial charge on any atom is -0.460 e. The van der Waals surface area contributed by atoms with Crippen LogP contribution in [0.15, 0.2) is 26.8 Å². The zero-order valence-corrected chi connectivity index (χ0v) is 12.6. The molecule has 1 aliphatic rings. The lowest BCUT2D eigenvalue weighted by Gasteiger charge is -2.04. The van der Waals surface area contributed by atoms with Gasteiger partial charge in [0.05, 0.1) is 6.21 Å². The van der Waals surface area contributed by atoms with Crippen LogP contribution in [0.3, 0.4) is 0 Å². The number of hydrogen-bond acceptors (Lipinski definition) is 6. The predicted molar refractivity (Wildman–Crippen MR) is 81.3 cm³/mol. The third-order valence-electron chi connectivity index (χ3n) is 2.62. The average Bonchev–Trinajstić information content (AvgIpc) is 2.97. The van der Waals surface area contributed by atoms with Gasteiger partial charge < -0.3 is 15.1 Å². The van der Waals surface area contributed by atoms with Crippen LogP contribution in [0.2, 0.25) is 0 Å². The van der Waals surface area contributed by atoms with E-state index in [1.54, 1.807) is 6.07 Å². The van der Waals surface area contributed by atoms with Crippen LogP contribution in [0.4, 0.5) is 0 Å². The Morgan fingerprint density at radius 1 is 1.57 bits per heavy atom. The summed E-state index contributed by atoms with van der Waals surface area (Å²) in [6.07, 6.45) is 1.59. The van der Waals surface area contributed by atoms with Gasteiger partial charge in [-0.15, -0.1) is 5.10 Å². The molecule has 2 rings (SSSR count). The lowest BCUT2D eigenvalue weighted by atomic mass is 10.3. The van der Waals surface area contributed by atoms with Crippen LogP contribution in [0.25, 0.3) is 0 Å². The highest BCUT2D eigenvalue weighted by Crippen LogP contribution is 2.22. The SMILES string of the molecule is CCNC(=O)C[C@@H]1S/C(=N\N=Cc2ccc(C)o2)NC1=O. The second-order valence-electron chi connectivity index (χ2n) is 4.35. The number of nitrogens with one attached hydrogen (secondary N) is 2. The molecule has 112 valence electrons. The Kier molecular flexibility index (Phi) is 5.15. The zero-order valence-electron chi connectivity index (χ0n) is 11.8. The first-order valence-electron chi connectivity index (χ1n) is 6.50. The fourth-order valence-corrected chi connectivity index (χ4v) is 2.61. The van der Waals surface area contributed by atoms with Gasteiger partial charge in [-0.25, -0.2) is 0 Å². The Labute approximate surface area is 126 Å². The van der Waals surface area contributed by atoms with Crippen LogP contribution >= 0.6 is 11.8 Å². The lowest BCUT2D eigenvalue weighted by molar-refractivity contribution is -0.125. The Hall–Kier alpha value is -2.09. The van der Waals surface area contributed by atoms with E-state index < -0.39 is 5.25 Å². The molecule has 7 nitrogen and oxygen atoms in total. The van der Waals surface area contributed by atoms with Crippen molar-refractivity contribution in [1.82, 2.24) is 10.6 Å². The molecule has 1 saturated heterocycles. The first kappa shape index (κ1) is 15.3. The number of rotatable bonds is 5. The van der Waals surface area contributed by atoms with Gasteiger partial charge in [0.2, 0.25) is 11.8 Å². The number of thioether (sulfide) groups is 1. The first-order valence-corrected chi connectivity index (χ1v) is 7.38. The average molecular weight is 308 g/mol. The normalized spacial score (nSPS) is 20.2. The molecule has 0 spiro atoms. The van der Waals surface area contributed by atoms with Gasteiger partial charge >= 0.3 is 0 Å². The smallest absolute Gasteiger partial charge is 0.240 e. The van der Waals surface area contributed by atoms with E-state index in [-0.39, 0.29) is 18.2 Å². The molecule has 1 fully saturated rings. The molecule has 0 aliphatic carbocycles. The number of hydrogen-bond donors (Lipinski definition) is 2. The van der Waals surface area contributed by atoms with E-state index in [1.807, 2.05) is 19.9 Å². The van der Waals surface area contributed by atoms with Gasteiger partial charge in [-0.3, -0.25) is 9.59 Å². The number of nitrogens with zero attached hydrogens (tertiary/aromatic N) is 2. The van der Waals surface area contributed by atoms with E-state index in [0.717, 1.165) is 5.76 Å². The summed E-state index contributed by atoms with van der Waals surface area (Å²) >= 11 is 1.20. The molecule has 2 amide bonds. The van der Waals surface area contributed by atoms with Gasteiger partial charge in [0.15, 0.2) is 5.17 Å². The second-order valence-corrected chi connectivity index (χ2v) is 5.54. The maximum absolute atomic E-state index is 11.7. The molecule has 2 heterocycles. The van der Waals surface area contributed by atoms with Crippen molar-refractivity contribution < 1.29 is 14.0 Å². The highest BCUT2D eigenvalue weighted by atomic mass is 32.2. The molecule has 1 atom stereocenters. The van der Waals surface area contributed by atoms with E-state index >= 15 is 0 Å². The maximum Gasteiger partial charge on any atom is 0.240 e. The highest BCUT2D eigenvalue weighted by Gasteiger charge is 2.32. The van der Waals surface area contributed by atoms with Crippen molar-refractivity contribution in [3.63, 3.8) is 0 Å². The fourth-order valence-electron chi connectivity index (χ4n) is 1.69. The summed E-state index contributed by atoms with van der Waals surface area (Å²) in [6.45, 7) is 4.21. The summed E-state index contributed by atoms with van der Waals surface area (Å²) in [5.41, 5.74) is 0.